The summed E-state index contributed by atoms with van der Waals surface area (Å²) in [5.41, 5.74) is -0.155. The maximum absolute atomic E-state index is 14.8. The van der Waals surface area contributed by atoms with Crippen molar-refractivity contribution in [2.75, 3.05) is 11.5 Å². The Balaban J connectivity index is 2.54. The Labute approximate surface area is 185 Å². The van der Waals surface area contributed by atoms with E-state index in [4.69, 9.17) is 33.9 Å². The summed E-state index contributed by atoms with van der Waals surface area (Å²) in [6, 6.07) is 2.06. The highest BCUT2D eigenvalue weighted by Gasteiger charge is 2.32. The van der Waals surface area contributed by atoms with Crippen LogP contribution in [0.25, 0.3) is 0 Å². The summed E-state index contributed by atoms with van der Waals surface area (Å²) >= 11 is 6.02. The van der Waals surface area contributed by atoms with E-state index in [1.165, 1.54) is 0 Å². The normalized spacial score (nSPS) is 14.1. The van der Waals surface area contributed by atoms with E-state index in [1.54, 1.807) is 6.92 Å². The highest BCUT2D eigenvalue weighted by Crippen LogP contribution is 2.35. The summed E-state index contributed by atoms with van der Waals surface area (Å²) in [7, 11) is 0. The molecule has 0 fully saturated rings. The average molecular weight is 446 g/mol. The van der Waals surface area contributed by atoms with Crippen LogP contribution >= 0.6 is 11.6 Å². The number of esters is 1. The minimum absolute atomic E-state index is 0.00819. The van der Waals surface area contributed by atoms with E-state index in [0.717, 1.165) is 19.1 Å². The van der Waals surface area contributed by atoms with Gasteiger partial charge in [-0.05, 0) is 38.7 Å². The van der Waals surface area contributed by atoms with Crippen molar-refractivity contribution in [1.82, 2.24) is 0 Å². The van der Waals surface area contributed by atoms with Gasteiger partial charge in [-0.3, -0.25) is 9.59 Å². The van der Waals surface area contributed by atoms with Crippen LogP contribution < -0.4 is 9.64 Å². The highest BCUT2D eigenvalue weighted by atomic mass is 35.5. The van der Waals surface area contributed by atoms with Crippen molar-refractivity contribution in [2.24, 2.45) is 0 Å². The third-order valence-corrected chi connectivity index (χ3v) is 4.85. The molecule has 0 aliphatic heterocycles. The minimum atomic E-state index is -0.915. The fourth-order valence-corrected chi connectivity index (χ4v) is 3.32. The predicted octanol–water partition coefficient (Wildman–Crippen LogP) is 3.81. The fraction of sp³-hybridized carbons (Fsp3) is 0.348. The summed E-state index contributed by atoms with van der Waals surface area (Å²) in [6.45, 7) is 2.44. The zero-order valence-electron chi connectivity index (χ0n) is 17.2. The second-order valence-electron chi connectivity index (χ2n) is 6.76. The molecule has 6 nitrogen and oxygen atoms in total. The Morgan fingerprint density at radius 3 is 2.45 bits per heavy atom. The zero-order chi connectivity index (χ0) is 23.1. The molecule has 0 radical (unpaired) electrons. The second-order valence-corrected chi connectivity index (χ2v) is 7.17. The van der Waals surface area contributed by atoms with Crippen LogP contribution in [0, 0.1) is 30.5 Å². The van der Waals surface area contributed by atoms with Crippen LogP contribution in [-0.4, -0.2) is 30.5 Å². The van der Waals surface area contributed by atoms with Crippen LogP contribution in [0.3, 0.4) is 0 Å². The largest absolute Gasteiger partial charge is 0.476 e. The molecule has 2 rings (SSSR count). The van der Waals surface area contributed by atoms with E-state index in [0.29, 0.717) is 17.7 Å². The summed E-state index contributed by atoms with van der Waals surface area (Å²) in [5, 5.41) is -0.0743. The lowest BCUT2D eigenvalue weighted by Gasteiger charge is -2.25. The highest BCUT2D eigenvalue weighted by molar-refractivity contribution is 6.32. The molecule has 0 bridgehead atoms. The van der Waals surface area contributed by atoms with Gasteiger partial charge in [-0.1, -0.05) is 23.4 Å². The molecule has 1 aromatic carbocycles. The SMILES string of the molecule is C#CCOC(=O)C1=C(C(=O)N(C(C)=O)c2cc(OC(C)C#C)c(Cl)cc2F)CCCC1. The van der Waals surface area contributed by atoms with Crippen molar-refractivity contribution >= 4 is 35.1 Å². The monoisotopic (exact) mass is 445 g/mol. The molecule has 1 aromatic rings. The van der Waals surface area contributed by atoms with E-state index in [9.17, 15) is 18.8 Å². The molecule has 1 aliphatic rings. The third-order valence-electron chi connectivity index (χ3n) is 4.56. The average Bonchev–Trinajstić information content (AvgIpc) is 2.74. The van der Waals surface area contributed by atoms with E-state index >= 15 is 0 Å². The number of nitrogens with zero attached hydrogens (tertiary/aromatic N) is 1. The minimum Gasteiger partial charge on any atom is -0.476 e. The number of rotatable bonds is 6. The van der Waals surface area contributed by atoms with Gasteiger partial charge in [-0.25, -0.2) is 14.1 Å². The standard InChI is InChI=1S/C23H21ClFNO5/c1-5-11-30-23(29)17-10-8-7-9-16(17)22(28)26(15(4)27)20-13-21(31-14(3)6-2)18(24)12-19(20)25/h1-2,12-14H,7-11H2,3-4H3. The van der Waals surface area contributed by atoms with Gasteiger partial charge in [0.2, 0.25) is 5.91 Å². The number of benzene rings is 1. The fourth-order valence-electron chi connectivity index (χ4n) is 3.12. The molecule has 1 atom stereocenters. The van der Waals surface area contributed by atoms with Crippen LogP contribution in [0.1, 0.15) is 39.5 Å². The Morgan fingerprint density at radius 2 is 1.87 bits per heavy atom. The van der Waals surface area contributed by atoms with E-state index in [1.807, 2.05) is 0 Å². The van der Waals surface area contributed by atoms with Gasteiger partial charge in [0.05, 0.1) is 10.7 Å². The summed E-state index contributed by atoms with van der Waals surface area (Å²) < 4.78 is 25.2. The maximum Gasteiger partial charge on any atom is 0.335 e. The number of terminal acetylenes is 2. The number of ether oxygens (including phenoxy) is 2. The first-order valence-corrected chi connectivity index (χ1v) is 9.88. The first kappa shape index (κ1) is 24.0. The van der Waals surface area contributed by atoms with Crippen molar-refractivity contribution in [2.45, 2.75) is 45.6 Å². The number of imide groups is 1. The molecule has 0 aromatic heterocycles. The van der Waals surface area contributed by atoms with Crippen molar-refractivity contribution in [3.05, 3.63) is 34.1 Å². The van der Waals surface area contributed by atoms with E-state index in [2.05, 4.69) is 11.8 Å². The molecule has 162 valence electrons. The van der Waals surface area contributed by atoms with Crippen LogP contribution in [0.5, 0.6) is 5.75 Å². The first-order valence-electron chi connectivity index (χ1n) is 9.50. The lowest BCUT2D eigenvalue weighted by Crippen LogP contribution is -2.38. The molecule has 1 aliphatic carbocycles. The van der Waals surface area contributed by atoms with Crippen LogP contribution in [0.15, 0.2) is 23.3 Å². The smallest absolute Gasteiger partial charge is 0.335 e. The van der Waals surface area contributed by atoms with Gasteiger partial charge in [0.15, 0.2) is 12.7 Å². The van der Waals surface area contributed by atoms with Crippen LogP contribution in [0.4, 0.5) is 10.1 Å². The number of amides is 2. The van der Waals surface area contributed by atoms with Gasteiger partial charge in [-0.2, -0.15) is 0 Å². The van der Waals surface area contributed by atoms with Gasteiger partial charge in [-0.15, -0.1) is 12.8 Å². The molecule has 31 heavy (non-hydrogen) atoms. The maximum atomic E-state index is 14.8. The van der Waals surface area contributed by atoms with Crippen molar-refractivity contribution in [1.29, 1.82) is 0 Å². The molecule has 8 heteroatoms. The van der Waals surface area contributed by atoms with Crippen molar-refractivity contribution in [3.63, 3.8) is 0 Å². The van der Waals surface area contributed by atoms with Gasteiger partial charge in [0.25, 0.3) is 5.91 Å². The van der Waals surface area contributed by atoms with Crippen molar-refractivity contribution in [3.8, 4) is 30.4 Å². The number of anilines is 1. The molecule has 0 N–H and O–H groups in total. The number of hydrogen-bond acceptors (Lipinski definition) is 5. The summed E-state index contributed by atoms with van der Waals surface area (Å²) in [4.78, 5) is 38.7. The lowest BCUT2D eigenvalue weighted by molar-refractivity contribution is -0.138. The Hall–Kier alpha value is -3.29. The number of carbonyl (C=O) groups is 3. The van der Waals surface area contributed by atoms with Gasteiger partial charge < -0.3 is 9.47 Å². The van der Waals surface area contributed by atoms with Gasteiger partial charge in [0, 0.05) is 24.1 Å². The zero-order valence-corrected chi connectivity index (χ0v) is 17.9. The quantitative estimate of drug-likeness (QED) is 0.492. The van der Waals surface area contributed by atoms with Crippen LogP contribution in [-0.2, 0) is 19.1 Å². The molecule has 0 saturated heterocycles. The van der Waals surface area contributed by atoms with Crippen LogP contribution in [0.2, 0.25) is 5.02 Å². The third kappa shape index (κ3) is 5.65. The number of carbonyl (C=O) groups excluding carboxylic acids is 3. The molecule has 1 unspecified atom stereocenters. The van der Waals surface area contributed by atoms with Crippen molar-refractivity contribution < 1.29 is 28.2 Å². The van der Waals surface area contributed by atoms with Gasteiger partial charge >= 0.3 is 5.97 Å². The molecular weight excluding hydrogens is 425 g/mol. The summed E-state index contributed by atoms with van der Waals surface area (Å²) in [5.74, 6) is 1.31. The Kier molecular flexibility index (Phi) is 8.24. The predicted molar refractivity (Wildman–Crippen MR) is 114 cm³/mol. The van der Waals surface area contributed by atoms with E-state index < -0.39 is 29.7 Å². The Morgan fingerprint density at radius 1 is 1.23 bits per heavy atom. The number of halogens is 2. The van der Waals surface area contributed by atoms with Gasteiger partial charge in [0.1, 0.15) is 11.6 Å². The summed E-state index contributed by atoms with van der Waals surface area (Å²) in [6.07, 6.45) is 11.5. The molecule has 0 heterocycles. The molecule has 0 saturated carbocycles. The first-order chi connectivity index (χ1) is 14.7. The van der Waals surface area contributed by atoms with E-state index in [-0.39, 0.29) is 47.1 Å². The Bertz CT molecular complexity index is 1020. The lowest BCUT2D eigenvalue weighted by atomic mass is 9.90. The second kappa shape index (κ2) is 10.7. The molecule has 2 amide bonds. The molecule has 0 spiro atoms. The molecular formula is C23H21ClFNO5. The number of hydrogen-bond donors (Lipinski definition) is 0. The topological polar surface area (TPSA) is 72.9 Å².